The van der Waals surface area contributed by atoms with Gasteiger partial charge in [-0.15, -0.1) is 0 Å². The van der Waals surface area contributed by atoms with Gasteiger partial charge in [0.15, 0.2) is 0 Å². The minimum Gasteiger partial charge on any atom is -0.384 e. The second-order valence-corrected chi connectivity index (χ2v) is 6.62. The molecule has 0 saturated heterocycles. The Morgan fingerprint density at radius 3 is 2.78 bits per heavy atom. The van der Waals surface area contributed by atoms with Crippen LogP contribution in [-0.4, -0.2) is 17.7 Å². The van der Waals surface area contributed by atoms with Gasteiger partial charge in [-0.1, -0.05) is 12.1 Å². The molecule has 6 heteroatoms. The number of aliphatic hydroxyl groups is 1. The van der Waals surface area contributed by atoms with Gasteiger partial charge in [-0.3, -0.25) is 0 Å². The highest BCUT2D eigenvalue weighted by Crippen LogP contribution is 2.22. The highest BCUT2D eigenvalue weighted by atomic mass is 32.1. The van der Waals surface area contributed by atoms with Crippen molar-refractivity contribution in [1.82, 2.24) is 10.6 Å². The van der Waals surface area contributed by atoms with Crippen LogP contribution in [0.15, 0.2) is 35.0 Å². The van der Waals surface area contributed by atoms with Crippen molar-refractivity contribution in [3.05, 3.63) is 57.5 Å². The van der Waals surface area contributed by atoms with E-state index in [2.05, 4.69) is 10.6 Å². The Kier molecular flexibility index (Phi) is 5.38. The molecule has 4 nitrogen and oxygen atoms in total. The Balaban J connectivity index is 1.90. The molecule has 0 aliphatic heterocycles. The second kappa shape index (κ2) is 7.10. The zero-order valence-electron chi connectivity index (χ0n) is 13.4. The monoisotopic (exact) mass is 336 g/mol. The molecule has 124 valence electrons. The van der Waals surface area contributed by atoms with Crippen LogP contribution in [0, 0.1) is 12.7 Å². The van der Waals surface area contributed by atoms with E-state index < -0.39 is 11.6 Å². The summed E-state index contributed by atoms with van der Waals surface area (Å²) >= 11 is 1.49. The van der Waals surface area contributed by atoms with Crippen molar-refractivity contribution >= 4 is 17.4 Å². The van der Waals surface area contributed by atoms with Crippen LogP contribution in [0.2, 0.25) is 0 Å². The summed E-state index contributed by atoms with van der Waals surface area (Å²) in [5, 5.41) is 19.5. The fourth-order valence-electron chi connectivity index (χ4n) is 2.13. The number of carbonyl (C=O) groups excluding carboxylic acids is 1. The van der Waals surface area contributed by atoms with Crippen LogP contribution in [0.1, 0.15) is 36.6 Å². The van der Waals surface area contributed by atoms with Gasteiger partial charge in [0.1, 0.15) is 11.4 Å². The van der Waals surface area contributed by atoms with Crippen LogP contribution >= 0.6 is 11.3 Å². The second-order valence-electron chi connectivity index (χ2n) is 5.84. The fraction of sp³-hybridized carbons (Fsp3) is 0.353. The number of carbonyl (C=O) groups is 1. The van der Waals surface area contributed by atoms with Crippen LogP contribution < -0.4 is 10.6 Å². The molecule has 2 unspecified atom stereocenters. The predicted octanol–water partition coefficient (Wildman–Crippen LogP) is 3.46. The van der Waals surface area contributed by atoms with Crippen LogP contribution in [0.4, 0.5) is 9.18 Å². The number of hydrogen-bond acceptors (Lipinski definition) is 3. The summed E-state index contributed by atoms with van der Waals surface area (Å²) in [6.07, 6.45) is 0. The molecule has 0 spiro atoms. The normalized spacial score (nSPS) is 14.8. The maximum atomic E-state index is 13.6. The molecule has 0 fully saturated rings. The maximum Gasteiger partial charge on any atom is 0.315 e. The Morgan fingerprint density at radius 2 is 2.17 bits per heavy atom. The lowest BCUT2D eigenvalue weighted by Gasteiger charge is -2.24. The van der Waals surface area contributed by atoms with Gasteiger partial charge in [0.25, 0.3) is 0 Å². The van der Waals surface area contributed by atoms with E-state index in [9.17, 15) is 14.3 Å². The maximum absolute atomic E-state index is 13.6. The molecule has 0 radical (unpaired) electrons. The van der Waals surface area contributed by atoms with Gasteiger partial charge in [0.05, 0.1) is 12.6 Å². The smallest absolute Gasteiger partial charge is 0.315 e. The fourth-order valence-corrected chi connectivity index (χ4v) is 2.92. The molecule has 2 rings (SSSR count). The quantitative estimate of drug-likeness (QED) is 0.783. The Hall–Kier alpha value is -1.92. The van der Waals surface area contributed by atoms with Crippen molar-refractivity contribution in [3.63, 3.8) is 0 Å². The first kappa shape index (κ1) is 17.4. The van der Waals surface area contributed by atoms with Crippen LogP contribution in [-0.2, 0) is 5.60 Å². The van der Waals surface area contributed by atoms with Gasteiger partial charge >= 0.3 is 6.03 Å². The number of amides is 2. The lowest BCUT2D eigenvalue weighted by molar-refractivity contribution is 0.0597. The van der Waals surface area contributed by atoms with Crippen molar-refractivity contribution in [2.45, 2.75) is 32.4 Å². The van der Waals surface area contributed by atoms with E-state index in [0.717, 1.165) is 5.56 Å². The van der Waals surface area contributed by atoms with Gasteiger partial charge in [-0.05, 0) is 60.4 Å². The summed E-state index contributed by atoms with van der Waals surface area (Å²) in [5.74, 6) is -0.294. The van der Waals surface area contributed by atoms with Crippen LogP contribution in [0.5, 0.6) is 0 Å². The molecule has 3 N–H and O–H groups in total. The zero-order chi connectivity index (χ0) is 17.0. The van der Waals surface area contributed by atoms with Gasteiger partial charge in [-0.25, -0.2) is 9.18 Å². The average Bonchev–Trinajstić information content (AvgIpc) is 3.03. The van der Waals surface area contributed by atoms with Crippen LogP contribution in [0.25, 0.3) is 0 Å². The number of thiophene rings is 1. The van der Waals surface area contributed by atoms with E-state index in [1.807, 2.05) is 16.8 Å². The van der Waals surface area contributed by atoms with E-state index in [1.165, 1.54) is 17.4 Å². The average molecular weight is 336 g/mol. The number of rotatable bonds is 5. The number of urea groups is 1. The lowest BCUT2D eigenvalue weighted by Crippen LogP contribution is -2.44. The van der Waals surface area contributed by atoms with E-state index >= 15 is 0 Å². The van der Waals surface area contributed by atoms with Gasteiger partial charge in [0.2, 0.25) is 0 Å². The van der Waals surface area contributed by atoms with Crippen molar-refractivity contribution in [3.8, 4) is 0 Å². The summed E-state index contributed by atoms with van der Waals surface area (Å²) in [7, 11) is 0. The van der Waals surface area contributed by atoms with Crippen molar-refractivity contribution in [1.29, 1.82) is 0 Å². The molecule has 2 amide bonds. The third-order valence-electron chi connectivity index (χ3n) is 3.78. The molecule has 1 aromatic heterocycles. The van der Waals surface area contributed by atoms with Crippen molar-refractivity contribution < 1.29 is 14.3 Å². The van der Waals surface area contributed by atoms with Crippen LogP contribution in [0.3, 0.4) is 0 Å². The molecule has 0 aliphatic rings. The molecular formula is C17H21FN2O2S. The van der Waals surface area contributed by atoms with Gasteiger partial charge < -0.3 is 15.7 Å². The van der Waals surface area contributed by atoms with Crippen molar-refractivity contribution in [2.75, 3.05) is 6.54 Å². The molecule has 1 aromatic carbocycles. The zero-order valence-corrected chi connectivity index (χ0v) is 14.2. The molecule has 0 bridgehead atoms. The largest absolute Gasteiger partial charge is 0.384 e. The Morgan fingerprint density at radius 1 is 1.43 bits per heavy atom. The standard InChI is InChI=1S/C17H21FN2O2S/c1-11-4-5-13(8-15(11)18)12(2)20-16(21)19-10-17(3,22)14-6-7-23-9-14/h4-9,12,22H,10H2,1-3H3,(H2,19,20,21). The SMILES string of the molecule is Cc1ccc(C(C)NC(=O)NCC(C)(O)c2ccsc2)cc1F. The molecule has 0 aliphatic carbocycles. The first-order valence-electron chi connectivity index (χ1n) is 7.35. The highest BCUT2D eigenvalue weighted by Gasteiger charge is 2.24. The Bertz CT molecular complexity index is 671. The topological polar surface area (TPSA) is 61.4 Å². The van der Waals surface area contributed by atoms with E-state index in [-0.39, 0.29) is 18.4 Å². The third kappa shape index (κ3) is 4.53. The predicted molar refractivity (Wildman–Crippen MR) is 90.0 cm³/mol. The van der Waals surface area contributed by atoms with E-state index in [4.69, 9.17) is 0 Å². The summed E-state index contributed by atoms with van der Waals surface area (Å²) in [4.78, 5) is 12.0. The number of halogens is 1. The summed E-state index contributed by atoms with van der Waals surface area (Å²) in [5.41, 5.74) is 0.887. The van der Waals surface area contributed by atoms with Crippen molar-refractivity contribution in [2.24, 2.45) is 0 Å². The summed E-state index contributed by atoms with van der Waals surface area (Å²) in [6, 6.07) is 5.96. The molecular weight excluding hydrogens is 315 g/mol. The van der Waals surface area contributed by atoms with E-state index in [1.54, 1.807) is 32.9 Å². The summed E-state index contributed by atoms with van der Waals surface area (Å²) in [6.45, 7) is 5.20. The molecule has 1 heterocycles. The minimum atomic E-state index is -1.13. The number of nitrogens with one attached hydrogen (secondary N) is 2. The first-order valence-corrected chi connectivity index (χ1v) is 8.29. The third-order valence-corrected chi connectivity index (χ3v) is 4.46. The first-order chi connectivity index (χ1) is 10.8. The number of hydrogen-bond donors (Lipinski definition) is 3. The number of aryl methyl sites for hydroxylation is 1. The number of benzene rings is 1. The van der Waals surface area contributed by atoms with Gasteiger partial charge in [-0.2, -0.15) is 11.3 Å². The Labute approximate surface area is 139 Å². The molecule has 2 aromatic rings. The highest BCUT2D eigenvalue weighted by molar-refractivity contribution is 7.08. The molecule has 2 atom stereocenters. The lowest BCUT2D eigenvalue weighted by atomic mass is 9.99. The van der Waals surface area contributed by atoms with Gasteiger partial charge in [0, 0.05) is 0 Å². The van der Waals surface area contributed by atoms with E-state index in [0.29, 0.717) is 11.1 Å². The molecule has 0 saturated carbocycles. The molecule has 23 heavy (non-hydrogen) atoms. The minimum absolute atomic E-state index is 0.0878. The summed E-state index contributed by atoms with van der Waals surface area (Å²) < 4.78 is 13.6.